The molecule has 0 aliphatic heterocycles. The average molecular weight is 942 g/mol. The Morgan fingerprint density at radius 1 is 0.500 bits per heavy atom. The van der Waals surface area contributed by atoms with Gasteiger partial charge >= 0.3 is 11.9 Å². The third-order valence-corrected chi connectivity index (χ3v) is 22.3. The number of esters is 2. The summed E-state index contributed by atoms with van der Waals surface area (Å²) in [5, 5.41) is 0. The average Bonchev–Trinajstić information content (AvgIpc) is 3.80. The number of fused-ring (bicyclic) bond motifs is 10. The number of carbonyl (C=O) groups is 2. The van der Waals surface area contributed by atoms with Gasteiger partial charge in [-0.05, 0) is 249 Å². The smallest absolute Gasteiger partial charge is 0.311 e. The van der Waals surface area contributed by atoms with Crippen molar-refractivity contribution >= 4 is 11.9 Å². The molecule has 6 fully saturated rings. The van der Waals surface area contributed by atoms with Crippen molar-refractivity contribution in [2.45, 2.75) is 264 Å². The number of rotatable bonds is 12. The van der Waals surface area contributed by atoms with E-state index in [4.69, 9.17) is 9.47 Å². The van der Waals surface area contributed by atoms with Crippen molar-refractivity contribution in [2.75, 3.05) is 0 Å². The molecule has 0 radical (unpaired) electrons. The monoisotopic (exact) mass is 941 g/mol. The molecule has 0 N–H and O–H groups in total. The van der Waals surface area contributed by atoms with E-state index in [-0.39, 0.29) is 24.1 Å². The highest BCUT2D eigenvalue weighted by Gasteiger charge is 2.61. The molecule has 8 rings (SSSR count). The summed E-state index contributed by atoms with van der Waals surface area (Å²) in [7, 11) is 0. The largest absolute Gasteiger partial charge is 0.458 e. The van der Waals surface area contributed by atoms with E-state index in [1.54, 1.807) is 11.1 Å². The molecular formula is C64H108O4. The second-order valence-corrected chi connectivity index (χ2v) is 29.6. The zero-order valence-corrected chi connectivity index (χ0v) is 47.4. The standard InChI is InChI=1S/2C32H54O2/c2*1-21(2)10-9-11-22(3)26-14-15-27-25-13-12-23-20-24(34-29(33)30(4,5)6)16-18-31(23,7)28(25)17-19-32(26,27)8/h2*20-22,24-28H,9-19H2,1-8H3/t2*22-,24-,25?,26+,27?,28?,31-,32+/m00/s1. The van der Waals surface area contributed by atoms with Crippen LogP contribution in [0.2, 0.25) is 0 Å². The maximum Gasteiger partial charge on any atom is 0.311 e. The van der Waals surface area contributed by atoms with Gasteiger partial charge in [0, 0.05) is 0 Å². The second kappa shape index (κ2) is 20.7. The van der Waals surface area contributed by atoms with Crippen molar-refractivity contribution in [1.29, 1.82) is 0 Å². The molecule has 0 heterocycles. The van der Waals surface area contributed by atoms with E-state index in [9.17, 15) is 9.59 Å². The van der Waals surface area contributed by atoms with Gasteiger partial charge in [-0.2, -0.15) is 0 Å². The first-order valence-corrected chi connectivity index (χ1v) is 29.6. The lowest BCUT2D eigenvalue weighted by Gasteiger charge is -2.59. The fourth-order valence-corrected chi connectivity index (χ4v) is 18.3. The molecule has 8 aliphatic carbocycles. The molecule has 16 atom stereocenters. The van der Waals surface area contributed by atoms with Crippen LogP contribution in [0.5, 0.6) is 0 Å². The van der Waals surface area contributed by atoms with Crippen molar-refractivity contribution in [3.05, 3.63) is 23.3 Å². The summed E-state index contributed by atoms with van der Waals surface area (Å²) in [4.78, 5) is 25.0. The molecule has 6 saturated carbocycles. The Morgan fingerprint density at radius 2 is 0.868 bits per heavy atom. The lowest BCUT2D eigenvalue weighted by Crippen LogP contribution is -2.51. The van der Waals surface area contributed by atoms with E-state index in [1.807, 2.05) is 41.5 Å². The number of hydrogen-bond donors (Lipinski definition) is 0. The van der Waals surface area contributed by atoms with E-state index in [0.717, 1.165) is 83.9 Å². The summed E-state index contributed by atoms with van der Waals surface area (Å²) in [6.07, 6.45) is 34.3. The predicted octanol–water partition coefficient (Wildman–Crippen LogP) is 18.0. The summed E-state index contributed by atoms with van der Waals surface area (Å²) >= 11 is 0. The predicted molar refractivity (Wildman–Crippen MR) is 285 cm³/mol. The van der Waals surface area contributed by atoms with E-state index in [1.165, 1.54) is 128 Å². The third kappa shape index (κ3) is 10.9. The first kappa shape index (κ1) is 54.2. The molecule has 68 heavy (non-hydrogen) atoms. The van der Waals surface area contributed by atoms with Gasteiger partial charge in [-0.15, -0.1) is 0 Å². The molecule has 4 heteroatoms. The molecule has 6 unspecified atom stereocenters. The van der Waals surface area contributed by atoms with Crippen LogP contribution in [0.25, 0.3) is 0 Å². The van der Waals surface area contributed by atoms with Crippen molar-refractivity contribution in [2.24, 2.45) is 104 Å². The SMILES string of the molecule is CC(C)CCC[C@H](C)[C@H]1CCC2C3CCC4=C[C@@H](OC(=O)C(C)(C)C)CC[C@]4(C)C3CC[C@@]21C.CC(C)CCC[C@H](C)[C@H]1CCC2C3CCC4=C[C@@H](OC(=O)C(C)(C)C)CC[C@]4(C)C3CC[C@@]21C. The highest BCUT2D eigenvalue weighted by atomic mass is 16.5. The van der Waals surface area contributed by atoms with Crippen LogP contribution in [0.4, 0.5) is 0 Å². The Balaban J connectivity index is 0.000000201. The van der Waals surface area contributed by atoms with Gasteiger partial charge in [-0.1, -0.05) is 119 Å². The third-order valence-electron chi connectivity index (χ3n) is 22.3. The molecule has 388 valence electrons. The van der Waals surface area contributed by atoms with Crippen LogP contribution in [-0.2, 0) is 19.1 Å². The minimum atomic E-state index is -0.421. The van der Waals surface area contributed by atoms with Crippen LogP contribution in [0.3, 0.4) is 0 Å². The van der Waals surface area contributed by atoms with E-state index >= 15 is 0 Å². The Bertz CT molecular complexity index is 1670. The van der Waals surface area contributed by atoms with Gasteiger partial charge in [0.05, 0.1) is 10.8 Å². The van der Waals surface area contributed by atoms with Crippen LogP contribution >= 0.6 is 0 Å². The van der Waals surface area contributed by atoms with Gasteiger partial charge in [0.1, 0.15) is 12.2 Å². The minimum absolute atomic E-state index is 0.0113. The summed E-state index contributed by atoms with van der Waals surface area (Å²) in [6.45, 7) is 36.9. The molecule has 0 amide bonds. The lowest BCUT2D eigenvalue weighted by atomic mass is 9.46. The first-order valence-electron chi connectivity index (χ1n) is 29.6. The quantitative estimate of drug-likeness (QED) is 0.144. The van der Waals surface area contributed by atoms with Crippen LogP contribution in [0, 0.1) is 104 Å². The fourth-order valence-electron chi connectivity index (χ4n) is 18.3. The zero-order valence-electron chi connectivity index (χ0n) is 47.4. The zero-order chi connectivity index (χ0) is 49.8. The molecule has 0 aromatic heterocycles. The van der Waals surface area contributed by atoms with Crippen LogP contribution in [0.1, 0.15) is 252 Å². The van der Waals surface area contributed by atoms with Crippen LogP contribution in [-0.4, -0.2) is 24.1 Å². The molecular weight excluding hydrogens is 833 g/mol. The molecule has 8 aliphatic rings. The molecule has 4 nitrogen and oxygen atoms in total. The van der Waals surface area contributed by atoms with Gasteiger partial charge in [0.15, 0.2) is 0 Å². The van der Waals surface area contributed by atoms with Crippen molar-refractivity contribution in [1.82, 2.24) is 0 Å². The topological polar surface area (TPSA) is 52.6 Å². The van der Waals surface area contributed by atoms with Crippen LogP contribution in [0.15, 0.2) is 23.3 Å². The molecule has 0 aromatic carbocycles. The molecule has 0 aromatic rings. The maximum absolute atomic E-state index is 12.5. The highest BCUT2D eigenvalue weighted by Crippen LogP contribution is 2.70. The van der Waals surface area contributed by atoms with E-state index in [0.29, 0.717) is 21.7 Å². The normalized spacial score (nSPS) is 40.7. The summed E-state index contributed by atoms with van der Waals surface area (Å²) in [6, 6.07) is 0. The Hall–Kier alpha value is -1.58. The van der Waals surface area contributed by atoms with Gasteiger partial charge in [0.2, 0.25) is 0 Å². The molecule has 0 bridgehead atoms. The number of carbonyl (C=O) groups excluding carboxylic acids is 2. The van der Waals surface area contributed by atoms with Gasteiger partial charge < -0.3 is 9.47 Å². The molecule has 0 spiro atoms. The second-order valence-electron chi connectivity index (χ2n) is 29.6. The molecule has 0 saturated heterocycles. The Labute approximate surface area is 420 Å². The summed E-state index contributed by atoms with van der Waals surface area (Å²) in [5.74, 6) is 10.5. The Morgan fingerprint density at radius 3 is 1.21 bits per heavy atom. The number of ether oxygens (including phenoxy) is 2. The van der Waals surface area contributed by atoms with Crippen molar-refractivity contribution < 1.29 is 19.1 Å². The highest BCUT2D eigenvalue weighted by molar-refractivity contribution is 5.76. The first-order chi connectivity index (χ1) is 31.7. The summed E-state index contributed by atoms with van der Waals surface area (Å²) < 4.78 is 11.9. The van der Waals surface area contributed by atoms with Gasteiger partial charge in [-0.25, -0.2) is 0 Å². The number of allylic oxidation sites excluding steroid dienone is 2. The summed E-state index contributed by atoms with van der Waals surface area (Å²) in [5.41, 5.74) is 4.18. The fraction of sp³-hybridized carbons (Fsp3) is 0.906. The van der Waals surface area contributed by atoms with Crippen LogP contribution < -0.4 is 0 Å². The van der Waals surface area contributed by atoms with Crippen molar-refractivity contribution in [3.63, 3.8) is 0 Å². The van der Waals surface area contributed by atoms with E-state index in [2.05, 4.69) is 81.4 Å². The lowest BCUT2D eigenvalue weighted by molar-refractivity contribution is -0.158. The maximum atomic E-state index is 12.5. The van der Waals surface area contributed by atoms with Gasteiger partial charge in [0.25, 0.3) is 0 Å². The minimum Gasteiger partial charge on any atom is -0.458 e. The Kier molecular flexibility index (Phi) is 16.5. The van der Waals surface area contributed by atoms with Gasteiger partial charge in [-0.3, -0.25) is 9.59 Å². The number of hydrogen-bond acceptors (Lipinski definition) is 4. The van der Waals surface area contributed by atoms with Crippen molar-refractivity contribution in [3.8, 4) is 0 Å². The van der Waals surface area contributed by atoms with E-state index < -0.39 is 10.8 Å².